The molecule has 0 radical (unpaired) electrons. The summed E-state index contributed by atoms with van der Waals surface area (Å²) in [4.78, 5) is 0. The smallest absolute Gasteiger partial charge is 0.143 e. The molecule has 1 aliphatic heterocycles. The SMILES string of the molecule is CC(C)OCC1CNc2cc(C(C)(C)C)ccc2O1. The molecule has 1 aromatic rings. The van der Waals surface area contributed by atoms with Gasteiger partial charge < -0.3 is 14.8 Å². The molecule has 1 heterocycles. The van der Waals surface area contributed by atoms with Crippen molar-refractivity contribution in [3.63, 3.8) is 0 Å². The Morgan fingerprint density at radius 2 is 2.11 bits per heavy atom. The van der Waals surface area contributed by atoms with Crippen molar-refractivity contribution in [2.24, 2.45) is 0 Å². The number of hydrogen-bond acceptors (Lipinski definition) is 3. The van der Waals surface area contributed by atoms with E-state index in [4.69, 9.17) is 9.47 Å². The van der Waals surface area contributed by atoms with Crippen molar-refractivity contribution in [1.82, 2.24) is 0 Å². The molecule has 0 spiro atoms. The molecule has 2 rings (SSSR count). The van der Waals surface area contributed by atoms with Gasteiger partial charge in [0, 0.05) is 0 Å². The Morgan fingerprint density at radius 1 is 1.37 bits per heavy atom. The van der Waals surface area contributed by atoms with Crippen LogP contribution in [-0.2, 0) is 10.2 Å². The van der Waals surface area contributed by atoms with Gasteiger partial charge in [0.2, 0.25) is 0 Å². The van der Waals surface area contributed by atoms with E-state index in [1.54, 1.807) is 0 Å². The molecular weight excluding hydrogens is 238 g/mol. The maximum Gasteiger partial charge on any atom is 0.143 e. The average Bonchev–Trinajstić information content (AvgIpc) is 2.34. The standard InChI is InChI=1S/C16H25NO2/c1-11(2)18-10-13-9-17-14-8-12(16(3,4)5)6-7-15(14)19-13/h6-8,11,13,17H,9-10H2,1-5H3. The molecule has 0 amide bonds. The van der Waals surface area contributed by atoms with Gasteiger partial charge in [0.1, 0.15) is 11.9 Å². The number of ether oxygens (including phenoxy) is 2. The lowest BCUT2D eigenvalue weighted by molar-refractivity contribution is 0.0190. The van der Waals surface area contributed by atoms with Gasteiger partial charge in [-0.1, -0.05) is 26.8 Å². The number of benzene rings is 1. The summed E-state index contributed by atoms with van der Waals surface area (Å²) in [7, 11) is 0. The molecule has 0 aliphatic carbocycles. The molecule has 1 unspecified atom stereocenters. The van der Waals surface area contributed by atoms with E-state index in [-0.39, 0.29) is 17.6 Å². The van der Waals surface area contributed by atoms with E-state index in [2.05, 4.69) is 44.3 Å². The zero-order valence-electron chi connectivity index (χ0n) is 12.6. The van der Waals surface area contributed by atoms with Crippen LogP contribution in [0.25, 0.3) is 0 Å². The quantitative estimate of drug-likeness (QED) is 0.904. The Bertz CT molecular complexity index is 435. The molecule has 0 saturated heterocycles. The van der Waals surface area contributed by atoms with Crippen molar-refractivity contribution in [3.8, 4) is 5.75 Å². The Kier molecular flexibility index (Phi) is 4.04. The van der Waals surface area contributed by atoms with Crippen molar-refractivity contribution in [3.05, 3.63) is 23.8 Å². The maximum absolute atomic E-state index is 5.96. The minimum Gasteiger partial charge on any atom is -0.484 e. The molecule has 19 heavy (non-hydrogen) atoms. The Balaban J connectivity index is 2.06. The first-order valence-electron chi connectivity index (χ1n) is 7.03. The van der Waals surface area contributed by atoms with E-state index >= 15 is 0 Å². The molecule has 0 bridgehead atoms. The zero-order chi connectivity index (χ0) is 14.0. The van der Waals surface area contributed by atoms with E-state index in [1.807, 2.05) is 13.8 Å². The molecule has 1 aromatic carbocycles. The lowest BCUT2D eigenvalue weighted by atomic mass is 9.86. The second kappa shape index (κ2) is 5.41. The van der Waals surface area contributed by atoms with Gasteiger partial charge in [-0.15, -0.1) is 0 Å². The highest BCUT2D eigenvalue weighted by atomic mass is 16.5. The third kappa shape index (κ3) is 3.63. The minimum atomic E-state index is 0.0930. The van der Waals surface area contributed by atoms with Crippen LogP contribution in [0.1, 0.15) is 40.2 Å². The maximum atomic E-state index is 5.96. The van der Waals surface area contributed by atoms with Gasteiger partial charge in [-0.3, -0.25) is 0 Å². The predicted molar refractivity (Wildman–Crippen MR) is 79.1 cm³/mol. The highest BCUT2D eigenvalue weighted by Crippen LogP contribution is 2.34. The van der Waals surface area contributed by atoms with Gasteiger partial charge in [-0.05, 0) is 37.0 Å². The summed E-state index contributed by atoms with van der Waals surface area (Å²) in [6.45, 7) is 12.2. The molecule has 1 atom stereocenters. The third-order valence-electron chi connectivity index (χ3n) is 3.27. The summed E-state index contributed by atoms with van der Waals surface area (Å²) in [5.74, 6) is 0.927. The van der Waals surface area contributed by atoms with E-state index < -0.39 is 0 Å². The van der Waals surface area contributed by atoms with Crippen LogP contribution in [0.3, 0.4) is 0 Å². The van der Waals surface area contributed by atoms with E-state index in [9.17, 15) is 0 Å². The van der Waals surface area contributed by atoms with Gasteiger partial charge in [-0.25, -0.2) is 0 Å². The topological polar surface area (TPSA) is 30.5 Å². The second-order valence-corrected chi connectivity index (χ2v) is 6.46. The zero-order valence-corrected chi connectivity index (χ0v) is 12.6. The largest absolute Gasteiger partial charge is 0.484 e. The highest BCUT2D eigenvalue weighted by molar-refractivity contribution is 5.60. The van der Waals surface area contributed by atoms with Crippen molar-refractivity contribution >= 4 is 5.69 Å². The lowest BCUT2D eigenvalue weighted by Gasteiger charge is -2.29. The van der Waals surface area contributed by atoms with Gasteiger partial charge >= 0.3 is 0 Å². The number of nitrogens with one attached hydrogen (secondary N) is 1. The summed E-state index contributed by atoms with van der Waals surface area (Å²) < 4.78 is 11.6. The lowest BCUT2D eigenvalue weighted by Crippen LogP contribution is -2.35. The summed E-state index contributed by atoms with van der Waals surface area (Å²) in [6.07, 6.45) is 0.337. The van der Waals surface area contributed by atoms with E-state index in [0.717, 1.165) is 18.0 Å². The van der Waals surface area contributed by atoms with Gasteiger partial charge in [0.15, 0.2) is 0 Å². The number of fused-ring (bicyclic) bond motifs is 1. The molecule has 1 aliphatic rings. The Labute approximate surface area is 116 Å². The first-order valence-corrected chi connectivity index (χ1v) is 7.03. The normalized spacial score (nSPS) is 18.7. The van der Waals surface area contributed by atoms with Crippen LogP contribution < -0.4 is 10.1 Å². The van der Waals surface area contributed by atoms with Gasteiger partial charge in [0.25, 0.3) is 0 Å². The monoisotopic (exact) mass is 263 g/mol. The van der Waals surface area contributed by atoms with Crippen LogP contribution >= 0.6 is 0 Å². The fraction of sp³-hybridized carbons (Fsp3) is 0.625. The van der Waals surface area contributed by atoms with Crippen LogP contribution in [-0.4, -0.2) is 25.4 Å². The van der Waals surface area contributed by atoms with E-state index in [0.29, 0.717) is 6.61 Å². The number of hydrogen-bond donors (Lipinski definition) is 1. The Hall–Kier alpha value is -1.22. The first-order chi connectivity index (χ1) is 8.86. The molecular formula is C16H25NO2. The van der Waals surface area contributed by atoms with Crippen molar-refractivity contribution in [2.75, 3.05) is 18.5 Å². The van der Waals surface area contributed by atoms with Crippen LogP contribution in [0.5, 0.6) is 5.75 Å². The van der Waals surface area contributed by atoms with Gasteiger partial charge in [-0.2, -0.15) is 0 Å². The van der Waals surface area contributed by atoms with Crippen molar-refractivity contribution in [1.29, 1.82) is 0 Å². The van der Waals surface area contributed by atoms with Gasteiger partial charge in [0.05, 0.1) is 24.9 Å². The fourth-order valence-electron chi connectivity index (χ4n) is 2.08. The van der Waals surface area contributed by atoms with Crippen molar-refractivity contribution in [2.45, 2.75) is 52.2 Å². The Morgan fingerprint density at radius 3 is 2.74 bits per heavy atom. The van der Waals surface area contributed by atoms with Crippen LogP contribution in [0.4, 0.5) is 5.69 Å². The molecule has 3 nitrogen and oxygen atoms in total. The van der Waals surface area contributed by atoms with Crippen LogP contribution in [0.2, 0.25) is 0 Å². The predicted octanol–water partition coefficient (Wildman–Crippen LogP) is 3.58. The molecule has 0 saturated carbocycles. The summed E-state index contributed by atoms with van der Waals surface area (Å²) in [5.41, 5.74) is 2.57. The first kappa shape index (κ1) is 14.2. The number of anilines is 1. The molecule has 106 valence electrons. The second-order valence-electron chi connectivity index (χ2n) is 6.46. The molecule has 3 heteroatoms. The number of rotatable bonds is 3. The third-order valence-corrected chi connectivity index (χ3v) is 3.27. The van der Waals surface area contributed by atoms with Crippen molar-refractivity contribution < 1.29 is 9.47 Å². The molecule has 1 N–H and O–H groups in total. The molecule has 0 fully saturated rings. The van der Waals surface area contributed by atoms with Crippen LogP contribution in [0.15, 0.2) is 18.2 Å². The summed E-state index contributed by atoms with van der Waals surface area (Å²) in [5, 5.41) is 3.44. The minimum absolute atomic E-state index is 0.0930. The fourth-order valence-corrected chi connectivity index (χ4v) is 2.08. The highest BCUT2D eigenvalue weighted by Gasteiger charge is 2.22. The molecule has 0 aromatic heterocycles. The van der Waals surface area contributed by atoms with E-state index in [1.165, 1.54) is 5.56 Å². The summed E-state index contributed by atoms with van der Waals surface area (Å²) >= 11 is 0. The van der Waals surface area contributed by atoms with Crippen LogP contribution in [0, 0.1) is 0 Å². The summed E-state index contributed by atoms with van der Waals surface area (Å²) in [6, 6.07) is 6.39. The average molecular weight is 263 g/mol.